The molecule has 0 aliphatic heterocycles. The van der Waals surface area contributed by atoms with Crippen LogP contribution in [0.2, 0.25) is 0 Å². The molecule has 0 aliphatic carbocycles. The highest BCUT2D eigenvalue weighted by molar-refractivity contribution is 7.18. The maximum atomic E-state index is 11.2. The molecule has 0 fully saturated rings. The first-order valence-corrected chi connectivity index (χ1v) is 5.24. The van der Waals surface area contributed by atoms with E-state index in [2.05, 4.69) is 4.74 Å². The van der Waals surface area contributed by atoms with E-state index in [4.69, 9.17) is 5.73 Å². The van der Waals surface area contributed by atoms with E-state index < -0.39 is 0 Å². The molecule has 0 amide bonds. The molecule has 0 aromatic carbocycles. The van der Waals surface area contributed by atoms with Crippen molar-refractivity contribution in [1.82, 2.24) is 0 Å². The first-order chi connectivity index (χ1) is 6.97. The smallest absolute Gasteiger partial charge is 0.310 e. The molecule has 0 spiro atoms. The van der Waals surface area contributed by atoms with Crippen molar-refractivity contribution in [3.8, 4) is 0 Å². The summed E-state index contributed by atoms with van der Waals surface area (Å²) in [4.78, 5) is 22.9. The predicted octanol–water partition coefficient (Wildman–Crippen LogP) is 1.56. The van der Waals surface area contributed by atoms with Gasteiger partial charge in [-0.3, -0.25) is 9.59 Å². The standard InChI is InChI=1S/C10H13NO3S/c1-5-7(4-8(13)14-3)10(11)15-9(5)6(2)12/h4,11H2,1-3H3. The number of esters is 1. The number of anilines is 1. The number of rotatable bonds is 3. The lowest BCUT2D eigenvalue weighted by Crippen LogP contribution is -2.06. The fourth-order valence-corrected chi connectivity index (χ4v) is 2.33. The first-order valence-electron chi connectivity index (χ1n) is 4.42. The number of nitrogens with two attached hydrogens (primary N) is 1. The number of methoxy groups -OCH3 is 1. The molecule has 5 heteroatoms. The predicted molar refractivity (Wildman–Crippen MR) is 59.2 cm³/mol. The van der Waals surface area contributed by atoms with Crippen LogP contribution < -0.4 is 5.73 Å². The van der Waals surface area contributed by atoms with Gasteiger partial charge >= 0.3 is 5.97 Å². The molecule has 0 saturated carbocycles. The van der Waals surface area contributed by atoms with Crippen LogP contribution in [0, 0.1) is 6.92 Å². The Morgan fingerprint density at radius 1 is 1.47 bits per heavy atom. The number of nitrogen functional groups attached to an aromatic ring is 1. The van der Waals surface area contributed by atoms with Gasteiger partial charge in [0.2, 0.25) is 0 Å². The van der Waals surface area contributed by atoms with E-state index in [-0.39, 0.29) is 18.2 Å². The number of carbonyl (C=O) groups is 2. The summed E-state index contributed by atoms with van der Waals surface area (Å²) < 4.78 is 4.56. The van der Waals surface area contributed by atoms with Crippen LogP contribution in [-0.2, 0) is 16.0 Å². The third-order valence-corrected chi connectivity index (χ3v) is 3.44. The van der Waals surface area contributed by atoms with Crippen LogP contribution >= 0.6 is 11.3 Å². The van der Waals surface area contributed by atoms with Gasteiger partial charge in [-0.25, -0.2) is 0 Å². The molecular weight excluding hydrogens is 214 g/mol. The molecule has 0 bridgehead atoms. The fourth-order valence-electron chi connectivity index (χ4n) is 1.34. The maximum Gasteiger partial charge on any atom is 0.310 e. The molecule has 82 valence electrons. The van der Waals surface area contributed by atoms with Gasteiger partial charge in [0.15, 0.2) is 5.78 Å². The zero-order valence-electron chi connectivity index (χ0n) is 8.92. The Balaban J connectivity index is 3.08. The van der Waals surface area contributed by atoms with Gasteiger partial charge in [-0.05, 0) is 19.4 Å². The van der Waals surface area contributed by atoms with Gasteiger partial charge in [0.25, 0.3) is 0 Å². The Hall–Kier alpha value is -1.36. The third-order valence-electron chi connectivity index (χ3n) is 2.17. The number of ketones is 1. The van der Waals surface area contributed by atoms with Crippen LogP contribution in [0.4, 0.5) is 5.00 Å². The minimum Gasteiger partial charge on any atom is -0.469 e. The topological polar surface area (TPSA) is 69.4 Å². The summed E-state index contributed by atoms with van der Waals surface area (Å²) in [7, 11) is 1.33. The summed E-state index contributed by atoms with van der Waals surface area (Å²) in [5, 5.41) is 0.517. The average molecular weight is 227 g/mol. The molecular formula is C10H13NO3S. The van der Waals surface area contributed by atoms with Crippen molar-refractivity contribution in [3.05, 3.63) is 16.0 Å². The lowest BCUT2D eigenvalue weighted by atomic mass is 10.1. The van der Waals surface area contributed by atoms with Gasteiger partial charge in [-0.15, -0.1) is 11.3 Å². The van der Waals surface area contributed by atoms with E-state index in [1.807, 2.05) is 0 Å². The zero-order chi connectivity index (χ0) is 11.6. The van der Waals surface area contributed by atoms with Crippen LogP contribution in [0.1, 0.15) is 27.7 Å². The van der Waals surface area contributed by atoms with Crippen LogP contribution in [0.3, 0.4) is 0 Å². The fraction of sp³-hybridized carbons (Fsp3) is 0.400. The second-order valence-corrected chi connectivity index (χ2v) is 4.26. The second-order valence-electron chi connectivity index (χ2n) is 3.21. The van der Waals surface area contributed by atoms with Crippen LogP contribution in [0.5, 0.6) is 0 Å². The van der Waals surface area contributed by atoms with Crippen molar-refractivity contribution in [3.63, 3.8) is 0 Å². The number of hydrogen-bond donors (Lipinski definition) is 1. The number of hydrogen-bond acceptors (Lipinski definition) is 5. The summed E-state index contributed by atoms with van der Waals surface area (Å²) in [5.74, 6) is -0.377. The molecule has 1 heterocycles. The minimum absolute atomic E-state index is 0.0275. The summed E-state index contributed by atoms with van der Waals surface area (Å²) in [6, 6.07) is 0. The molecule has 15 heavy (non-hydrogen) atoms. The Bertz CT molecular complexity index is 409. The monoisotopic (exact) mass is 227 g/mol. The van der Waals surface area contributed by atoms with Crippen LogP contribution in [-0.4, -0.2) is 18.9 Å². The highest BCUT2D eigenvalue weighted by atomic mass is 32.1. The normalized spacial score (nSPS) is 10.1. The largest absolute Gasteiger partial charge is 0.469 e. The zero-order valence-corrected chi connectivity index (χ0v) is 9.73. The molecule has 2 N–H and O–H groups in total. The summed E-state index contributed by atoms with van der Waals surface area (Å²) in [6.07, 6.45) is 0.123. The Kier molecular flexibility index (Phi) is 3.47. The van der Waals surface area contributed by atoms with Crippen molar-refractivity contribution in [2.45, 2.75) is 20.3 Å². The van der Waals surface area contributed by atoms with E-state index in [0.717, 1.165) is 5.56 Å². The summed E-state index contributed by atoms with van der Waals surface area (Å²) >= 11 is 1.22. The number of Topliss-reactive ketones (excluding diaryl/α,β-unsaturated/α-hetero) is 1. The van der Waals surface area contributed by atoms with E-state index in [1.165, 1.54) is 25.4 Å². The van der Waals surface area contributed by atoms with Crippen molar-refractivity contribution in [2.75, 3.05) is 12.8 Å². The number of thiophene rings is 1. The average Bonchev–Trinajstić information content (AvgIpc) is 2.45. The summed E-state index contributed by atoms with van der Waals surface area (Å²) in [6.45, 7) is 3.28. The highest BCUT2D eigenvalue weighted by Crippen LogP contribution is 2.31. The number of carbonyl (C=O) groups excluding carboxylic acids is 2. The first kappa shape index (κ1) is 11.7. The minimum atomic E-state index is -0.349. The van der Waals surface area contributed by atoms with E-state index in [9.17, 15) is 9.59 Å². The SMILES string of the molecule is COC(=O)Cc1c(N)sc(C(C)=O)c1C. The second kappa shape index (κ2) is 4.44. The Morgan fingerprint density at radius 3 is 2.47 bits per heavy atom. The van der Waals surface area contributed by atoms with Gasteiger partial charge in [-0.2, -0.15) is 0 Å². The molecule has 0 atom stereocenters. The van der Waals surface area contributed by atoms with Crippen molar-refractivity contribution in [2.24, 2.45) is 0 Å². The molecule has 0 unspecified atom stereocenters. The van der Waals surface area contributed by atoms with E-state index >= 15 is 0 Å². The molecule has 0 saturated heterocycles. The molecule has 0 aliphatic rings. The van der Waals surface area contributed by atoms with Gasteiger partial charge in [0, 0.05) is 5.56 Å². The lowest BCUT2D eigenvalue weighted by molar-refractivity contribution is -0.139. The van der Waals surface area contributed by atoms with Crippen molar-refractivity contribution < 1.29 is 14.3 Å². The molecule has 0 radical (unpaired) electrons. The summed E-state index contributed by atoms with van der Waals surface area (Å²) in [5.41, 5.74) is 7.23. The van der Waals surface area contributed by atoms with E-state index in [1.54, 1.807) is 6.92 Å². The molecule has 1 rings (SSSR count). The quantitative estimate of drug-likeness (QED) is 0.628. The van der Waals surface area contributed by atoms with E-state index in [0.29, 0.717) is 15.4 Å². The van der Waals surface area contributed by atoms with Gasteiger partial charge in [0.05, 0.1) is 23.4 Å². The Morgan fingerprint density at radius 2 is 2.07 bits per heavy atom. The van der Waals surface area contributed by atoms with Gasteiger partial charge in [0.1, 0.15) is 0 Å². The van der Waals surface area contributed by atoms with Crippen molar-refractivity contribution >= 4 is 28.1 Å². The Labute approximate surface area is 92.0 Å². The highest BCUT2D eigenvalue weighted by Gasteiger charge is 2.18. The molecule has 4 nitrogen and oxygen atoms in total. The van der Waals surface area contributed by atoms with Gasteiger partial charge in [-0.1, -0.05) is 0 Å². The number of ether oxygens (including phenoxy) is 1. The van der Waals surface area contributed by atoms with Gasteiger partial charge < -0.3 is 10.5 Å². The van der Waals surface area contributed by atoms with Crippen LogP contribution in [0.25, 0.3) is 0 Å². The van der Waals surface area contributed by atoms with Crippen LogP contribution in [0.15, 0.2) is 0 Å². The lowest BCUT2D eigenvalue weighted by Gasteiger charge is -2.00. The van der Waals surface area contributed by atoms with Crippen molar-refractivity contribution in [1.29, 1.82) is 0 Å². The molecule has 1 aromatic heterocycles. The maximum absolute atomic E-state index is 11.2. The molecule has 1 aromatic rings. The third kappa shape index (κ3) is 2.36.